The van der Waals surface area contributed by atoms with Gasteiger partial charge >= 0.3 is 0 Å². The van der Waals surface area contributed by atoms with Gasteiger partial charge in [0.25, 0.3) is 5.56 Å². The van der Waals surface area contributed by atoms with Crippen LogP contribution in [-0.4, -0.2) is 25.7 Å². The Morgan fingerprint density at radius 1 is 1.18 bits per heavy atom. The molecule has 8 heteroatoms. The summed E-state index contributed by atoms with van der Waals surface area (Å²) in [5.41, 5.74) is 9.42. The number of hydrogen-bond acceptors (Lipinski definition) is 6. The zero-order chi connectivity index (χ0) is 24.2. The molecule has 0 unspecified atom stereocenters. The van der Waals surface area contributed by atoms with Crippen molar-refractivity contribution in [2.75, 3.05) is 0 Å². The number of aliphatic imine (C=N–C) groups is 1. The molecule has 0 amide bonds. The van der Waals surface area contributed by atoms with Crippen molar-refractivity contribution in [3.63, 3.8) is 0 Å². The monoisotopic (exact) mass is 457 g/mol. The highest BCUT2D eigenvalue weighted by atomic mass is 19.1. The summed E-state index contributed by atoms with van der Waals surface area (Å²) in [6.07, 6.45) is 1.48. The van der Waals surface area contributed by atoms with Gasteiger partial charge in [0.1, 0.15) is 17.3 Å². The Morgan fingerprint density at radius 3 is 2.71 bits per heavy atom. The predicted molar refractivity (Wildman–Crippen MR) is 130 cm³/mol. The van der Waals surface area contributed by atoms with Crippen molar-refractivity contribution in [2.24, 2.45) is 10.7 Å². The first-order valence-corrected chi connectivity index (χ1v) is 10.9. The number of aromatic nitrogens is 3. The summed E-state index contributed by atoms with van der Waals surface area (Å²) < 4.78 is 16.2. The van der Waals surface area contributed by atoms with Crippen LogP contribution >= 0.6 is 0 Å². The first-order valence-electron chi connectivity index (χ1n) is 10.9. The number of amidine groups is 1. The lowest BCUT2D eigenvalue weighted by Gasteiger charge is -2.20. The minimum Gasteiger partial charge on any atom is -0.392 e. The van der Waals surface area contributed by atoms with Crippen LogP contribution in [0.1, 0.15) is 43.2 Å². The molecule has 0 bridgehead atoms. The molecule has 0 atom stereocenters. The second kappa shape index (κ2) is 7.85. The van der Waals surface area contributed by atoms with Gasteiger partial charge in [0.15, 0.2) is 0 Å². The van der Waals surface area contributed by atoms with Crippen LogP contribution in [0.15, 0.2) is 58.4 Å². The lowest BCUT2D eigenvalue weighted by atomic mass is 9.86. The Hall–Kier alpha value is -3.91. The van der Waals surface area contributed by atoms with Crippen LogP contribution in [0.2, 0.25) is 0 Å². The van der Waals surface area contributed by atoms with Crippen LogP contribution < -0.4 is 11.3 Å². The molecule has 7 nitrogen and oxygen atoms in total. The van der Waals surface area contributed by atoms with Crippen molar-refractivity contribution in [1.29, 1.82) is 0 Å². The van der Waals surface area contributed by atoms with Crippen LogP contribution in [0.3, 0.4) is 0 Å². The van der Waals surface area contributed by atoms with E-state index in [1.54, 1.807) is 24.3 Å². The summed E-state index contributed by atoms with van der Waals surface area (Å²) in [6.45, 7) is 6.06. The maximum Gasteiger partial charge on any atom is 0.282 e. The fraction of sp³-hybridized carbons (Fsp3) is 0.231. The van der Waals surface area contributed by atoms with Gasteiger partial charge in [-0.05, 0) is 35.2 Å². The first-order chi connectivity index (χ1) is 16.2. The maximum absolute atomic E-state index is 15.1. The molecule has 0 spiro atoms. The highest BCUT2D eigenvalue weighted by Gasteiger charge is 2.21. The highest BCUT2D eigenvalue weighted by Crippen LogP contribution is 2.30. The lowest BCUT2D eigenvalue weighted by molar-refractivity contribution is 0.281. The number of nitrogens with two attached hydrogens (primary N) is 1. The number of benzene rings is 2. The van der Waals surface area contributed by atoms with E-state index in [9.17, 15) is 9.90 Å². The zero-order valence-corrected chi connectivity index (χ0v) is 19.1. The minimum absolute atomic E-state index is 0.0445. The fourth-order valence-electron chi connectivity index (χ4n) is 4.25. The van der Waals surface area contributed by atoms with Crippen molar-refractivity contribution in [3.8, 4) is 16.9 Å². The van der Waals surface area contributed by atoms with Crippen LogP contribution in [0, 0.1) is 5.82 Å². The SMILES string of the molecule is CC(C)(C)c1cc(F)c2c(=O)n(-c3cccc(-c4ccc5c(n4)C(N)=NC5)c3CO)ncc2c1. The van der Waals surface area contributed by atoms with Crippen molar-refractivity contribution in [3.05, 3.63) is 87.2 Å². The second-order valence-electron chi connectivity index (χ2n) is 9.40. The Kier molecular flexibility index (Phi) is 5.06. The summed E-state index contributed by atoms with van der Waals surface area (Å²) in [6, 6.07) is 12.1. The van der Waals surface area contributed by atoms with Gasteiger partial charge in [0.2, 0.25) is 0 Å². The maximum atomic E-state index is 15.1. The van der Waals surface area contributed by atoms with E-state index >= 15 is 4.39 Å². The van der Waals surface area contributed by atoms with Crippen molar-refractivity contribution >= 4 is 16.6 Å². The number of nitrogens with zero attached hydrogens (tertiary/aromatic N) is 4. The number of fused-ring (bicyclic) bond motifs is 2. The second-order valence-corrected chi connectivity index (χ2v) is 9.40. The molecular weight excluding hydrogens is 433 g/mol. The molecule has 1 aliphatic rings. The Bertz CT molecular complexity index is 1550. The molecule has 0 fully saturated rings. The molecule has 172 valence electrons. The van der Waals surface area contributed by atoms with Crippen molar-refractivity contribution in [2.45, 2.75) is 39.3 Å². The number of aliphatic hydroxyl groups is 1. The molecule has 0 saturated carbocycles. The van der Waals surface area contributed by atoms with Crippen molar-refractivity contribution < 1.29 is 9.50 Å². The first kappa shape index (κ1) is 21.9. The molecule has 0 saturated heterocycles. The van der Waals surface area contributed by atoms with Gasteiger partial charge < -0.3 is 10.8 Å². The van der Waals surface area contributed by atoms with Gasteiger partial charge in [-0.15, -0.1) is 0 Å². The summed E-state index contributed by atoms with van der Waals surface area (Å²) >= 11 is 0. The number of rotatable bonds is 3. The van der Waals surface area contributed by atoms with Crippen LogP contribution in [0.25, 0.3) is 27.7 Å². The lowest BCUT2D eigenvalue weighted by Crippen LogP contribution is -2.24. The average molecular weight is 458 g/mol. The van der Waals surface area contributed by atoms with E-state index in [0.29, 0.717) is 46.0 Å². The summed E-state index contributed by atoms with van der Waals surface area (Å²) in [4.78, 5) is 22.2. The number of halogens is 1. The smallest absolute Gasteiger partial charge is 0.282 e. The van der Waals surface area contributed by atoms with Gasteiger partial charge in [0.05, 0.1) is 36.1 Å². The van der Waals surface area contributed by atoms with Gasteiger partial charge in [-0.1, -0.05) is 39.0 Å². The third-order valence-corrected chi connectivity index (χ3v) is 6.16. The van der Waals surface area contributed by atoms with Gasteiger partial charge in [-0.3, -0.25) is 9.79 Å². The quantitative estimate of drug-likeness (QED) is 0.489. The highest BCUT2D eigenvalue weighted by molar-refractivity contribution is 5.99. The summed E-state index contributed by atoms with van der Waals surface area (Å²) in [5.74, 6) is -0.226. The summed E-state index contributed by atoms with van der Waals surface area (Å²) in [7, 11) is 0. The van der Waals surface area contributed by atoms with E-state index in [4.69, 9.17) is 5.73 Å². The summed E-state index contributed by atoms with van der Waals surface area (Å²) in [5, 5.41) is 15.0. The Balaban J connectivity index is 1.70. The van der Waals surface area contributed by atoms with Crippen molar-refractivity contribution in [1.82, 2.24) is 14.8 Å². The molecule has 1 aliphatic heterocycles. The van der Waals surface area contributed by atoms with E-state index in [0.717, 1.165) is 15.8 Å². The van der Waals surface area contributed by atoms with Gasteiger partial charge in [-0.2, -0.15) is 9.78 Å². The van der Waals surface area contributed by atoms with Crippen LogP contribution in [0.4, 0.5) is 4.39 Å². The minimum atomic E-state index is -0.597. The molecule has 34 heavy (non-hydrogen) atoms. The largest absolute Gasteiger partial charge is 0.392 e. The topological polar surface area (TPSA) is 106 Å². The number of aliphatic hydroxyl groups excluding tert-OH is 1. The molecule has 0 aliphatic carbocycles. The Morgan fingerprint density at radius 2 is 1.97 bits per heavy atom. The van der Waals surface area contributed by atoms with Crippen LogP contribution in [0.5, 0.6) is 0 Å². The van der Waals surface area contributed by atoms with E-state index in [-0.39, 0.29) is 17.4 Å². The van der Waals surface area contributed by atoms with E-state index < -0.39 is 11.4 Å². The molecular formula is C26H24FN5O2. The average Bonchev–Trinajstić information content (AvgIpc) is 3.18. The van der Waals surface area contributed by atoms with Crippen LogP contribution in [-0.2, 0) is 18.6 Å². The standard InChI is InChI=1S/C26H24FN5O2/c1-26(2,3)16-9-15-12-30-32(25(34)22(15)19(27)10-16)21-6-4-5-17(18(21)13-33)20-8-7-14-11-29-24(28)23(14)31-20/h4-10,12,33H,11,13H2,1-3H3,(H2,28,29). The van der Waals surface area contributed by atoms with E-state index in [1.165, 1.54) is 12.3 Å². The van der Waals surface area contributed by atoms with Gasteiger partial charge in [-0.25, -0.2) is 9.37 Å². The normalized spacial score (nSPS) is 13.3. The molecule has 2 aromatic carbocycles. The van der Waals surface area contributed by atoms with E-state index in [2.05, 4.69) is 15.1 Å². The Labute approximate surface area is 195 Å². The molecule has 2 aromatic heterocycles. The number of hydrogen-bond donors (Lipinski definition) is 2. The molecule has 4 aromatic rings. The molecule has 3 N–H and O–H groups in total. The van der Waals surface area contributed by atoms with Gasteiger partial charge in [0, 0.05) is 22.1 Å². The third-order valence-electron chi connectivity index (χ3n) is 6.16. The predicted octanol–water partition coefficient (Wildman–Crippen LogP) is 3.60. The van der Waals surface area contributed by atoms with E-state index in [1.807, 2.05) is 32.9 Å². The molecule has 3 heterocycles. The molecule has 5 rings (SSSR count). The molecule has 0 radical (unpaired) electrons. The number of pyridine rings is 1. The fourth-order valence-corrected chi connectivity index (χ4v) is 4.25. The zero-order valence-electron chi connectivity index (χ0n) is 19.1. The third kappa shape index (κ3) is 3.47.